The van der Waals surface area contributed by atoms with Gasteiger partial charge in [0, 0.05) is 35.2 Å². The van der Waals surface area contributed by atoms with E-state index in [2.05, 4.69) is 10.1 Å². The predicted molar refractivity (Wildman–Crippen MR) is 242 cm³/mol. The van der Waals surface area contributed by atoms with Crippen molar-refractivity contribution >= 4 is 19.9 Å². The Hall–Kier alpha value is -5.74. The lowest BCUT2D eigenvalue weighted by molar-refractivity contribution is -0.275. The van der Waals surface area contributed by atoms with E-state index in [0.717, 1.165) is 23.1 Å². The van der Waals surface area contributed by atoms with Gasteiger partial charge in [-0.25, -0.2) is 0 Å². The highest BCUT2D eigenvalue weighted by Crippen LogP contribution is 2.59. The molecule has 9 rings (SSSR count). The number of fused-ring (bicyclic) bond motifs is 4. The molecule has 0 saturated carbocycles. The van der Waals surface area contributed by atoms with Crippen LogP contribution in [0.25, 0.3) is 0 Å². The number of halogens is 3. The Labute approximate surface area is 382 Å². The molecule has 0 amide bonds. The van der Waals surface area contributed by atoms with E-state index >= 15 is 9.59 Å². The smallest absolute Gasteiger partial charge is 0.508 e. The average Bonchev–Trinajstić information content (AvgIpc) is 3.93. The highest BCUT2D eigenvalue weighted by atomic mass is 28.4. The molecule has 1 fully saturated rings. The number of nitrogens with two attached hydrogens (primary N) is 1. The standard InChI is InChI=1S/C51H54F3N3O8Si/c1-49(2,3)66(4,5)65-50-36(42(55)45-41(47(50)60)48(56-64-45)62-29-32-20-13-8-14-21-32)25-33-24-35-40(43(58)39(33)46(50)59)38(61-28-31-18-11-7-12-19-31)26-34(44(35)63-51(52,53)54)37-22-15-23-57(37)27-30-16-9-6-10-17-30/h6-14,16-21,26,33,36-37,42,59H,15,22-25,27-29,55H2,1-5H3/t33-,36-,37?,42-,50-/m0/s1. The molecule has 2 heterocycles. The normalized spacial score (nSPS) is 23.2. The number of hydrogen-bond acceptors (Lipinski definition) is 11. The Kier molecular flexibility index (Phi) is 11.8. The molecule has 3 aliphatic carbocycles. The maximum absolute atomic E-state index is 15.6. The number of hydrogen-bond donors (Lipinski definition) is 2. The number of ketones is 2. The Morgan fingerprint density at radius 3 is 2.11 bits per heavy atom. The number of carbonyl (C=O) groups is 2. The summed E-state index contributed by atoms with van der Waals surface area (Å²) in [6.07, 6.45) is -4.08. The van der Waals surface area contributed by atoms with Crippen LogP contribution in [-0.2, 0) is 30.6 Å². The summed E-state index contributed by atoms with van der Waals surface area (Å²) in [6, 6.07) is 28.0. The second-order valence-corrected chi connectivity index (χ2v) is 24.1. The van der Waals surface area contributed by atoms with Crippen molar-refractivity contribution in [2.75, 3.05) is 6.54 Å². The maximum atomic E-state index is 15.6. The van der Waals surface area contributed by atoms with Gasteiger partial charge in [-0.3, -0.25) is 14.5 Å². The van der Waals surface area contributed by atoms with E-state index in [4.69, 9.17) is 28.9 Å². The summed E-state index contributed by atoms with van der Waals surface area (Å²) in [7, 11) is -3.07. The molecule has 0 radical (unpaired) electrons. The number of benzene rings is 4. The molecule has 0 bridgehead atoms. The van der Waals surface area contributed by atoms with E-state index in [1.807, 2.05) is 125 Å². The Morgan fingerprint density at radius 2 is 1.50 bits per heavy atom. The summed E-state index contributed by atoms with van der Waals surface area (Å²) >= 11 is 0. The van der Waals surface area contributed by atoms with Gasteiger partial charge in [0.05, 0.1) is 11.6 Å². The quantitative estimate of drug-likeness (QED) is 0.115. The fraction of sp³-hybridized carbons (Fsp3) is 0.392. The van der Waals surface area contributed by atoms with Crippen LogP contribution in [0.4, 0.5) is 13.2 Å². The molecule has 5 aromatic rings. The number of likely N-dealkylation sites (tertiary alicyclic amines) is 1. The molecule has 5 atom stereocenters. The lowest BCUT2D eigenvalue weighted by atomic mass is 9.59. The van der Waals surface area contributed by atoms with E-state index in [1.54, 1.807) is 0 Å². The van der Waals surface area contributed by atoms with E-state index in [9.17, 15) is 18.3 Å². The van der Waals surface area contributed by atoms with E-state index < -0.39 is 72.3 Å². The second kappa shape index (κ2) is 17.2. The minimum atomic E-state index is -5.13. The summed E-state index contributed by atoms with van der Waals surface area (Å²) in [5, 5.41) is 16.7. The predicted octanol–water partition coefficient (Wildman–Crippen LogP) is 10.9. The maximum Gasteiger partial charge on any atom is 0.573 e. The van der Waals surface area contributed by atoms with Crippen LogP contribution in [0, 0.1) is 11.8 Å². The molecule has 66 heavy (non-hydrogen) atoms. The summed E-state index contributed by atoms with van der Waals surface area (Å²) < 4.78 is 75.0. The first kappa shape index (κ1) is 45.4. The number of rotatable bonds is 12. The molecule has 4 aromatic carbocycles. The number of Topliss-reactive ketones (excluding diaryl/α,β-unsaturated/α-hetero) is 2. The lowest BCUT2D eigenvalue weighted by Crippen LogP contribution is -2.64. The Morgan fingerprint density at radius 1 is 0.894 bits per heavy atom. The average molecular weight is 922 g/mol. The van der Waals surface area contributed by atoms with Crippen LogP contribution in [0.15, 0.2) is 113 Å². The summed E-state index contributed by atoms with van der Waals surface area (Å²) in [4.78, 5) is 33.2. The van der Waals surface area contributed by atoms with E-state index in [-0.39, 0.29) is 71.3 Å². The largest absolute Gasteiger partial charge is 0.573 e. The van der Waals surface area contributed by atoms with Crippen LogP contribution < -0.4 is 19.9 Å². The van der Waals surface area contributed by atoms with Gasteiger partial charge < -0.3 is 34.0 Å². The number of aromatic nitrogens is 1. The number of allylic oxidation sites excluding steroid dienone is 1. The van der Waals surface area contributed by atoms with Crippen molar-refractivity contribution in [1.82, 2.24) is 10.1 Å². The summed E-state index contributed by atoms with van der Waals surface area (Å²) in [5.41, 5.74) is 7.29. The fourth-order valence-electron chi connectivity index (χ4n) is 10.0. The first-order valence-electron chi connectivity index (χ1n) is 22.4. The van der Waals surface area contributed by atoms with Gasteiger partial charge in [-0.2, -0.15) is 0 Å². The molecule has 1 aromatic heterocycles. The van der Waals surface area contributed by atoms with Crippen molar-refractivity contribution in [3.8, 4) is 17.4 Å². The molecule has 1 unspecified atom stereocenters. The van der Waals surface area contributed by atoms with Crippen LogP contribution >= 0.6 is 0 Å². The number of nitrogens with zero attached hydrogens (tertiary/aromatic N) is 2. The van der Waals surface area contributed by atoms with E-state index in [0.29, 0.717) is 19.5 Å². The first-order valence-corrected chi connectivity index (χ1v) is 25.3. The van der Waals surface area contributed by atoms with Crippen molar-refractivity contribution in [1.29, 1.82) is 0 Å². The van der Waals surface area contributed by atoms with Gasteiger partial charge in [0.15, 0.2) is 25.5 Å². The molecular formula is C51H54F3N3O8Si. The molecule has 15 heteroatoms. The topological polar surface area (TPSA) is 147 Å². The molecular weight excluding hydrogens is 868 g/mol. The van der Waals surface area contributed by atoms with Gasteiger partial charge in [0.2, 0.25) is 5.78 Å². The van der Waals surface area contributed by atoms with Crippen molar-refractivity contribution < 1.29 is 51.0 Å². The number of aliphatic hydroxyl groups is 1. The number of alkyl halides is 3. The van der Waals surface area contributed by atoms with Crippen LogP contribution in [0.2, 0.25) is 18.1 Å². The molecule has 1 saturated heterocycles. The van der Waals surface area contributed by atoms with Gasteiger partial charge in [-0.15, -0.1) is 13.2 Å². The van der Waals surface area contributed by atoms with Crippen molar-refractivity contribution in [2.45, 2.75) is 108 Å². The monoisotopic (exact) mass is 921 g/mol. The molecule has 11 nitrogen and oxygen atoms in total. The van der Waals surface area contributed by atoms with Crippen LogP contribution in [0.1, 0.15) is 106 Å². The first-order chi connectivity index (χ1) is 31.4. The third kappa shape index (κ3) is 8.13. The Balaban J connectivity index is 1.22. The highest BCUT2D eigenvalue weighted by molar-refractivity contribution is 6.74. The van der Waals surface area contributed by atoms with Crippen molar-refractivity contribution in [3.63, 3.8) is 0 Å². The molecule has 346 valence electrons. The third-order valence-electron chi connectivity index (χ3n) is 14.2. The lowest BCUT2D eigenvalue weighted by Gasteiger charge is -2.53. The van der Waals surface area contributed by atoms with Gasteiger partial charge in [0.1, 0.15) is 36.0 Å². The van der Waals surface area contributed by atoms with Gasteiger partial charge in [0.25, 0.3) is 5.88 Å². The summed E-state index contributed by atoms with van der Waals surface area (Å²) in [5.74, 6) is -4.63. The minimum absolute atomic E-state index is 0.0106. The van der Waals surface area contributed by atoms with Crippen molar-refractivity contribution in [2.24, 2.45) is 17.6 Å². The van der Waals surface area contributed by atoms with Gasteiger partial charge in [-0.1, -0.05) is 112 Å². The molecule has 3 N–H and O–H groups in total. The van der Waals surface area contributed by atoms with Gasteiger partial charge in [-0.05, 0) is 84.2 Å². The molecule has 4 aliphatic rings. The van der Waals surface area contributed by atoms with Crippen LogP contribution in [0.5, 0.6) is 17.4 Å². The third-order valence-corrected chi connectivity index (χ3v) is 18.6. The molecule has 0 spiro atoms. The number of aliphatic hydroxyl groups excluding tert-OH is 1. The molecule has 1 aliphatic heterocycles. The highest BCUT2D eigenvalue weighted by Gasteiger charge is 2.66. The zero-order valence-electron chi connectivity index (χ0n) is 37.6. The fourth-order valence-corrected chi connectivity index (χ4v) is 11.5. The zero-order chi connectivity index (χ0) is 46.8. The van der Waals surface area contributed by atoms with Gasteiger partial charge >= 0.3 is 6.36 Å². The van der Waals surface area contributed by atoms with Crippen LogP contribution in [-0.4, -0.2) is 53.6 Å². The van der Waals surface area contributed by atoms with Crippen LogP contribution in [0.3, 0.4) is 0 Å². The Bertz CT molecular complexity index is 2670. The number of carbonyl (C=O) groups excluding carboxylic acids is 2. The van der Waals surface area contributed by atoms with Crippen molar-refractivity contribution in [3.05, 3.63) is 153 Å². The zero-order valence-corrected chi connectivity index (χ0v) is 38.6. The SMILES string of the molecule is CC(C)(C)[Si](C)(C)O[C@@]12C(=O)c3c(OCc4ccccc4)noc3[C@@H](N)[C@@H]1C[C@@H]1Cc3c(OC(F)(F)F)c(C4CCCN4Cc4ccccc4)cc(OCc4ccccc4)c3C(=O)C1=C2O. The van der Waals surface area contributed by atoms with E-state index in [1.165, 1.54) is 6.07 Å². The second-order valence-electron chi connectivity index (χ2n) is 19.4. The number of ether oxygens (including phenoxy) is 3. The minimum Gasteiger partial charge on any atom is -0.508 e. The summed E-state index contributed by atoms with van der Waals surface area (Å²) in [6.45, 7) is 10.9.